The number of aliphatic imine (C=N–C) groups is 1. The quantitative estimate of drug-likeness (QED) is 0.282. The Labute approximate surface area is 169 Å². The molecule has 1 saturated heterocycles. The zero-order valence-corrected chi connectivity index (χ0v) is 17.3. The van der Waals surface area contributed by atoms with Gasteiger partial charge in [0.1, 0.15) is 11.6 Å². The minimum absolute atomic E-state index is 0. The summed E-state index contributed by atoms with van der Waals surface area (Å²) in [6.45, 7) is 4.22. The molecule has 1 aliphatic rings. The largest absolute Gasteiger partial charge is 0.469 e. The van der Waals surface area contributed by atoms with Crippen LogP contribution >= 0.6 is 24.0 Å². The predicted octanol–water partition coefficient (Wildman–Crippen LogP) is 2.28. The fourth-order valence-corrected chi connectivity index (χ4v) is 2.71. The molecule has 1 aliphatic heterocycles. The molecule has 1 heterocycles. The number of anilines is 1. The first-order valence-electron chi connectivity index (χ1n) is 8.35. The van der Waals surface area contributed by atoms with Crippen LogP contribution in [0.2, 0.25) is 0 Å². The number of guanidine groups is 1. The van der Waals surface area contributed by atoms with E-state index in [9.17, 15) is 13.6 Å². The maximum atomic E-state index is 13.9. The molecule has 6 nitrogen and oxygen atoms in total. The number of esters is 1. The number of methoxy groups -OCH3 is 1. The second-order valence-corrected chi connectivity index (χ2v) is 5.76. The first-order valence-corrected chi connectivity index (χ1v) is 8.35. The molecule has 0 saturated carbocycles. The van der Waals surface area contributed by atoms with Gasteiger partial charge in [-0.25, -0.2) is 8.78 Å². The van der Waals surface area contributed by atoms with Crippen molar-refractivity contribution in [1.82, 2.24) is 10.6 Å². The van der Waals surface area contributed by atoms with Crippen LogP contribution in [-0.4, -0.2) is 51.3 Å². The van der Waals surface area contributed by atoms with Gasteiger partial charge >= 0.3 is 5.97 Å². The molecular formula is C17H25F2IN4O2. The summed E-state index contributed by atoms with van der Waals surface area (Å²) < 4.78 is 31.5. The summed E-state index contributed by atoms with van der Waals surface area (Å²) in [4.78, 5) is 17.4. The first-order chi connectivity index (χ1) is 12.0. The Hall–Kier alpha value is -1.65. The topological polar surface area (TPSA) is 66.0 Å². The van der Waals surface area contributed by atoms with Gasteiger partial charge in [0, 0.05) is 31.7 Å². The van der Waals surface area contributed by atoms with E-state index in [1.165, 1.54) is 19.2 Å². The summed E-state index contributed by atoms with van der Waals surface area (Å²) >= 11 is 0. The number of carbonyl (C=O) groups is 1. The molecule has 26 heavy (non-hydrogen) atoms. The zero-order valence-electron chi connectivity index (χ0n) is 14.9. The molecule has 1 fully saturated rings. The van der Waals surface area contributed by atoms with Gasteiger partial charge in [0.25, 0.3) is 0 Å². The van der Waals surface area contributed by atoms with E-state index in [2.05, 4.69) is 20.4 Å². The normalized spacial score (nSPS) is 16.8. The number of hydrogen-bond donors (Lipinski definition) is 2. The molecule has 1 aromatic rings. The SMILES string of the molecule is CCNC(=NCCC(=O)OC)NC1CCN(c2ccc(F)cc2F)C1.I. The van der Waals surface area contributed by atoms with Crippen molar-refractivity contribution in [3.63, 3.8) is 0 Å². The highest BCUT2D eigenvalue weighted by molar-refractivity contribution is 14.0. The highest BCUT2D eigenvalue weighted by Crippen LogP contribution is 2.24. The minimum atomic E-state index is -0.581. The molecule has 1 aromatic carbocycles. The third kappa shape index (κ3) is 6.58. The fraction of sp³-hybridized carbons (Fsp3) is 0.529. The van der Waals surface area contributed by atoms with Crippen LogP contribution in [0, 0.1) is 11.6 Å². The van der Waals surface area contributed by atoms with Crippen LogP contribution in [0.25, 0.3) is 0 Å². The lowest BCUT2D eigenvalue weighted by Gasteiger charge is -2.21. The van der Waals surface area contributed by atoms with Crippen molar-refractivity contribution in [1.29, 1.82) is 0 Å². The summed E-state index contributed by atoms with van der Waals surface area (Å²) in [5.41, 5.74) is 0.401. The second-order valence-electron chi connectivity index (χ2n) is 5.76. The van der Waals surface area contributed by atoms with E-state index in [4.69, 9.17) is 0 Å². The van der Waals surface area contributed by atoms with E-state index in [0.29, 0.717) is 37.8 Å². The molecule has 1 atom stereocenters. The number of rotatable bonds is 6. The lowest BCUT2D eigenvalue weighted by atomic mass is 10.2. The minimum Gasteiger partial charge on any atom is -0.469 e. The average Bonchev–Trinajstić information content (AvgIpc) is 3.03. The van der Waals surface area contributed by atoms with E-state index in [1.807, 2.05) is 11.8 Å². The van der Waals surface area contributed by atoms with E-state index in [-0.39, 0.29) is 42.4 Å². The number of nitrogens with zero attached hydrogens (tertiary/aromatic N) is 2. The summed E-state index contributed by atoms with van der Waals surface area (Å²) in [5.74, 6) is -0.835. The van der Waals surface area contributed by atoms with Gasteiger partial charge in [0.05, 0.1) is 25.8 Å². The van der Waals surface area contributed by atoms with Crippen LogP contribution in [0.3, 0.4) is 0 Å². The van der Waals surface area contributed by atoms with E-state index in [1.54, 1.807) is 0 Å². The van der Waals surface area contributed by atoms with Crippen LogP contribution in [0.4, 0.5) is 14.5 Å². The Morgan fingerprint density at radius 3 is 2.85 bits per heavy atom. The summed E-state index contributed by atoms with van der Waals surface area (Å²) in [7, 11) is 1.34. The number of hydrogen-bond acceptors (Lipinski definition) is 4. The molecular weight excluding hydrogens is 457 g/mol. The standard InChI is InChI=1S/C17H24F2N4O2.HI/c1-3-20-17(21-8-6-16(24)25-2)22-13-7-9-23(11-13)15-5-4-12(18)10-14(15)19;/h4-5,10,13H,3,6-9,11H2,1-2H3,(H2,20,21,22);1H. The van der Waals surface area contributed by atoms with Crippen molar-refractivity contribution in [2.75, 3.05) is 38.2 Å². The molecule has 0 spiro atoms. The van der Waals surface area contributed by atoms with Crippen LogP contribution in [0.15, 0.2) is 23.2 Å². The fourth-order valence-electron chi connectivity index (χ4n) is 2.71. The van der Waals surface area contributed by atoms with Crippen LogP contribution in [0.1, 0.15) is 19.8 Å². The molecule has 0 aromatic heterocycles. The van der Waals surface area contributed by atoms with Gasteiger partial charge in [-0.1, -0.05) is 0 Å². The highest BCUT2D eigenvalue weighted by Gasteiger charge is 2.25. The highest BCUT2D eigenvalue weighted by atomic mass is 127. The van der Waals surface area contributed by atoms with E-state index >= 15 is 0 Å². The predicted molar refractivity (Wildman–Crippen MR) is 108 cm³/mol. The van der Waals surface area contributed by atoms with Gasteiger partial charge in [-0.05, 0) is 25.5 Å². The van der Waals surface area contributed by atoms with E-state index in [0.717, 1.165) is 12.5 Å². The Balaban J connectivity index is 0.00000338. The molecule has 1 unspecified atom stereocenters. The lowest BCUT2D eigenvalue weighted by molar-refractivity contribution is -0.140. The smallest absolute Gasteiger partial charge is 0.307 e. The van der Waals surface area contributed by atoms with Gasteiger partial charge in [-0.2, -0.15) is 0 Å². The molecule has 2 N–H and O–H groups in total. The van der Waals surface area contributed by atoms with Gasteiger partial charge in [-0.15, -0.1) is 24.0 Å². The Bertz CT molecular complexity index is 631. The zero-order chi connectivity index (χ0) is 18.2. The van der Waals surface area contributed by atoms with Gasteiger partial charge in [-0.3, -0.25) is 9.79 Å². The molecule has 0 aliphatic carbocycles. The Morgan fingerprint density at radius 1 is 1.42 bits per heavy atom. The molecule has 2 rings (SSSR count). The third-order valence-corrected chi connectivity index (χ3v) is 3.94. The third-order valence-electron chi connectivity index (χ3n) is 3.94. The van der Waals surface area contributed by atoms with Crippen molar-refractivity contribution < 1.29 is 18.3 Å². The molecule has 9 heteroatoms. The van der Waals surface area contributed by atoms with Gasteiger partial charge in [0.2, 0.25) is 0 Å². The van der Waals surface area contributed by atoms with Crippen molar-refractivity contribution in [3.8, 4) is 0 Å². The molecule has 0 amide bonds. The summed E-state index contributed by atoms with van der Waals surface area (Å²) in [6, 6.07) is 3.70. The number of nitrogens with one attached hydrogen (secondary N) is 2. The van der Waals surface area contributed by atoms with Gasteiger partial charge in [0.15, 0.2) is 5.96 Å². The first kappa shape index (κ1) is 22.4. The van der Waals surface area contributed by atoms with Crippen LogP contribution in [-0.2, 0) is 9.53 Å². The Morgan fingerprint density at radius 2 is 2.19 bits per heavy atom. The van der Waals surface area contributed by atoms with Crippen molar-refractivity contribution in [3.05, 3.63) is 29.8 Å². The number of halogens is 3. The van der Waals surface area contributed by atoms with E-state index < -0.39 is 11.6 Å². The molecule has 0 radical (unpaired) electrons. The number of carbonyl (C=O) groups excluding carboxylic acids is 1. The van der Waals surface area contributed by atoms with Crippen LogP contribution < -0.4 is 15.5 Å². The summed E-state index contributed by atoms with van der Waals surface area (Å²) in [5, 5.41) is 6.41. The maximum Gasteiger partial charge on any atom is 0.307 e. The van der Waals surface area contributed by atoms with Crippen molar-refractivity contribution in [2.24, 2.45) is 4.99 Å². The van der Waals surface area contributed by atoms with Crippen molar-refractivity contribution >= 4 is 41.6 Å². The maximum absolute atomic E-state index is 13.9. The van der Waals surface area contributed by atoms with Gasteiger partial charge < -0.3 is 20.3 Å². The summed E-state index contributed by atoms with van der Waals surface area (Å²) in [6.07, 6.45) is 1.02. The molecule has 0 bridgehead atoms. The number of benzene rings is 1. The van der Waals surface area contributed by atoms with Crippen molar-refractivity contribution in [2.45, 2.75) is 25.8 Å². The molecule has 146 valence electrons. The lowest BCUT2D eigenvalue weighted by Crippen LogP contribution is -2.44. The number of ether oxygens (including phenoxy) is 1. The second kappa shape index (κ2) is 11.1. The monoisotopic (exact) mass is 482 g/mol. The Kier molecular flexibility index (Phi) is 9.60. The van der Waals surface area contributed by atoms with Crippen LogP contribution in [0.5, 0.6) is 0 Å². The average molecular weight is 482 g/mol.